The Bertz CT molecular complexity index is 1360. The number of carbonyl (C=O) groups excluding carboxylic acids is 2. The Morgan fingerprint density at radius 1 is 1.06 bits per heavy atom. The number of nitrogens with one attached hydrogen (secondary N) is 2. The van der Waals surface area contributed by atoms with Crippen molar-refractivity contribution < 1.29 is 18.0 Å². The van der Waals surface area contributed by atoms with E-state index < -0.39 is 10.0 Å². The third kappa shape index (κ3) is 4.64. The lowest BCUT2D eigenvalue weighted by atomic mass is 10.0. The summed E-state index contributed by atoms with van der Waals surface area (Å²) in [5.74, 6) is -0.421. The highest BCUT2D eigenvalue weighted by Gasteiger charge is 2.28. The minimum atomic E-state index is -3.57. The third-order valence-corrected chi connectivity index (χ3v) is 8.79. The van der Waals surface area contributed by atoms with Crippen LogP contribution in [-0.2, 0) is 23.0 Å². The predicted octanol–water partition coefficient (Wildman–Crippen LogP) is 3.95. The van der Waals surface area contributed by atoms with Crippen LogP contribution in [-0.4, -0.2) is 37.7 Å². The van der Waals surface area contributed by atoms with Crippen LogP contribution in [0.4, 0.5) is 5.69 Å². The summed E-state index contributed by atoms with van der Waals surface area (Å²) in [6.07, 6.45) is 2.57. The first kappa shape index (κ1) is 22.8. The van der Waals surface area contributed by atoms with E-state index in [2.05, 4.69) is 21.5 Å². The normalized spacial score (nSPS) is 15.6. The third-order valence-electron chi connectivity index (χ3n) is 6.23. The summed E-state index contributed by atoms with van der Waals surface area (Å²) < 4.78 is 27.3. The second-order valence-corrected chi connectivity index (χ2v) is 11.4. The Hall–Kier alpha value is -3.01. The second-order valence-electron chi connectivity index (χ2n) is 8.70. The molecule has 2 heterocycles. The summed E-state index contributed by atoms with van der Waals surface area (Å²) >= 11 is 1.73. The topological polar surface area (TPSA) is 95.6 Å². The van der Waals surface area contributed by atoms with Crippen LogP contribution in [0.3, 0.4) is 0 Å². The minimum Gasteiger partial charge on any atom is -0.334 e. The average molecular weight is 496 g/mol. The lowest BCUT2D eigenvalue weighted by Gasteiger charge is -2.28. The van der Waals surface area contributed by atoms with Gasteiger partial charge in [0.15, 0.2) is 0 Å². The summed E-state index contributed by atoms with van der Waals surface area (Å²) in [5, 5.41) is 4.92. The van der Waals surface area contributed by atoms with E-state index in [1.165, 1.54) is 34.7 Å². The van der Waals surface area contributed by atoms with Crippen LogP contribution in [0.1, 0.15) is 49.6 Å². The molecular weight excluding hydrogens is 470 g/mol. The van der Waals surface area contributed by atoms with Crippen LogP contribution < -0.4 is 10.0 Å². The highest BCUT2D eigenvalue weighted by atomic mass is 32.2. The van der Waals surface area contributed by atoms with Crippen molar-refractivity contribution in [2.24, 2.45) is 0 Å². The van der Waals surface area contributed by atoms with Gasteiger partial charge in [-0.05, 0) is 85.2 Å². The van der Waals surface area contributed by atoms with Crippen molar-refractivity contribution in [3.8, 4) is 0 Å². The van der Waals surface area contributed by atoms with Crippen molar-refractivity contribution in [3.63, 3.8) is 0 Å². The van der Waals surface area contributed by atoms with E-state index in [1.54, 1.807) is 29.5 Å². The zero-order valence-corrected chi connectivity index (χ0v) is 20.3. The number of fused-ring (bicyclic) bond motifs is 1. The highest BCUT2D eigenvalue weighted by molar-refractivity contribution is 7.89. The molecule has 5 rings (SSSR count). The van der Waals surface area contributed by atoms with E-state index in [9.17, 15) is 18.0 Å². The van der Waals surface area contributed by atoms with Crippen LogP contribution in [0.5, 0.6) is 0 Å². The predicted molar refractivity (Wildman–Crippen MR) is 132 cm³/mol. The summed E-state index contributed by atoms with van der Waals surface area (Å²) in [6, 6.07) is 13.2. The molecule has 0 spiro atoms. The molecule has 1 aromatic heterocycles. The van der Waals surface area contributed by atoms with Gasteiger partial charge in [-0.25, -0.2) is 13.1 Å². The fourth-order valence-electron chi connectivity index (χ4n) is 4.06. The fourth-order valence-corrected chi connectivity index (χ4v) is 6.26. The van der Waals surface area contributed by atoms with Crippen LogP contribution in [0.15, 0.2) is 58.8 Å². The van der Waals surface area contributed by atoms with Crippen LogP contribution in [0.25, 0.3) is 0 Å². The molecule has 1 aliphatic carbocycles. The highest BCUT2D eigenvalue weighted by Crippen LogP contribution is 2.27. The maximum Gasteiger partial charge on any atom is 0.255 e. The molecule has 0 radical (unpaired) electrons. The summed E-state index contributed by atoms with van der Waals surface area (Å²) in [5.41, 5.74) is 3.34. The molecule has 1 saturated carbocycles. The summed E-state index contributed by atoms with van der Waals surface area (Å²) in [7, 11) is -3.57. The molecular formula is C25H25N3O4S2. The monoisotopic (exact) mass is 495 g/mol. The molecule has 2 aliphatic rings. The first-order valence-corrected chi connectivity index (χ1v) is 13.6. The van der Waals surface area contributed by atoms with Gasteiger partial charge < -0.3 is 10.2 Å². The number of hydrogen-bond donors (Lipinski definition) is 2. The van der Waals surface area contributed by atoms with E-state index in [1.807, 2.05) is 11.8 Å². The van der Waals surface area contributed by atoms with Gasteiger partial charge in [-0.3, -0.25) is 9.59 Å². The quantitative estimate of drug-likeness (QED) is 0.541. The van der Waals surface area contributed by atoms with Gasteiger partial charge in [0.05, 0.1) is 4.90 Å². The Balaban J connectivity index is 1.30. The number of sulfonamides is 1. The van der Waals surface area contributed by atoms with Gasteiger partial charge in [-0.15, -0.1) is 11.3 Å². The Kier molecular flexibility index (Phi) is 6.01. The smallest absolute Gasteiger partial charge is 0.255 e. The van der Waals surface area contributed by atoms with Gasteiger partial charge in [0.25, 0.3) is 11.8 Å². The maximum atomic E-state index is 13.2. The van der Waals surface area contributed by atoms with E-state index >= 15 is 0 Å². The van der Waals surface area contributed by atoms with Gasteiger partial charge in [-0.1, -0.05) is 6.07 Å². The Morgan fingerprint density at radius 3 is 2.56 bits per heavy atom. The number of anilines is 1. The maximum absolute atomic E-state index is 13.2. The first-order chi connectivity index (χ1) is 16.3. The van der Waals surface area contributed by atoms with Gasteiger partial charge >= 0.3 is 0 Å². The molecule has 176 valence electrons. The minimum absolute atomic E-state index is 0.0168. The fraction of sp³-hybridized carbons (Fsp3) is 0.280. The molecule has 1 aliphatic heterocycles. The largest absolute Gasteiger partial charge is 0.334 e. The summed E-state index contributed by atoms with van der Waals surface area (Å²) in [6.45, 7) is 3.09. The number of nitrogens with zero attached hydrogens (tertiary/aromatic N) is 1. The lowest BCUT2D eigenvalue weighted by molar-refractivity contribution is 0.0735. The molecule has 3 aromatic rings. The van der Waals surface area contributed by atoms with Crippen LogP contribution in [0.2, 0.25) is 0 Å². The molecule has 0 saturated heterocycles. The number of hydrogen-bond acceptors (Lipinski definition) is 5. The van der Waals surface area contributed by atoms with E-state index in [0.29, 0.717) is 35.5 Å². The molecule has 1 fully saturated rings. The molecule has 0 atom stereocenters. The molecule has 2 aromatic carbocycles. The first-order valence-electron chi connectivity index (χ1n) is 11.2. The van der Waals surface area contributed by atoms with Crippen molar-refractivity contribution >= 4 is 38.9 Å². The van der Waals surface area contributed by atoms with Crippen molar-refractivity contribution in [2.75, 3.05) is 11.9 Å². The molecule has 34 heavy (non-hydrogen) atoms. The molecule has 7 nitrogen and oxygen atoms in total. The molecule has 0 bridgehead atoms. The lowest BCUT2D eigenvalue weighted by Crippen LogP contribution is -2.35. The van der Waals surface area contributed by atoms with E-state index in [4.69, 9.17) is 0 Å². The number of benzene rings is 2. The average Bonchev–Trinajstić information content (AvgIpc) is 3.51. The number of rotatable bonds is 6. The molecule has 9 heteroatoms. The zero-order chi connectivity index (χ0) is 23.9. The van der Waals surface area contributed by atoms with E-state index in [-0.39, 0.29) is 22.8 Å². The van der Waals surface area contributed by atoms with Crippen molar-refractivity contribution in [2.45, 2.75) is 43.7 Å². The van der Waals surface area contributed by atoms with Crippen molar-refractivity contribution in [1.82, 2.24) is 9.62 Å². The summed E-state index contributed by atoms with van der Waals surface area (Å²) in [4.78, 5) is 29.4. The van der Waals surface area contributed by atoms with Gasteiger partial charge in [-0.2, -0.15) is 0 Å². The van der Waals surface area contributed by atoms with Crippen LogP contribution >= 0.6 is 11.3 Å². The van der Waals surface area contributed by atoms with Crippen LogP contribution in [0, 0.1) is 6.92 Å². The molecule has 2 amide bonds. The SMILES string of the molecule is Cc1c(NC(=O)c2ccc(S(=O)(=O)NC3CC3)cc2)cccc1C(=O)N1CCc2sccc2C1. The number of carbonyl (C=O) groups is 2. The van der Waals surface area contributed by atoms with E-state index in [0.717, 1.165) is 19.3 Å². The number of amides is 2. The van der Waals surface area contributed by atoms with Crippen molar-refractivity contribution in [1.29, 1.82) is 0 Å². The van der Waals surface area contributed by atoms with Crippen molar-refractivity contribution in [3.05, 3.63) is 81.0 Å². The van der Waals surface area contributed by atoms with Gasteiger partial charge in [0.1, 0.15) is 0 Å². The number of thiophene rings is 1. The standard InChI is InChI=1S/C25H25N3O4S2/c1-16-21(25(30)28-13-11-23-18(15-28)12-14-33-23)3-2-4-22(16)26-24(29)17-5-9-20(10-6-17)34(31,32)27-19-7-8-19/h2-6,9-10,12,14,19,27H,7-8,11,13,15H2,1H3,(H,26,29). The molecule has 2 N–H and O–H groups in total. The van der Waals surface area contributed by atoms with Gasteiger partial charge in [0, 0.05) is 40.8 Å². The zero-order valence-electron chi connectivity index (χ0n) is 18.7. The molecule has 0 unspecified atom stereocenters. The Morgan fingerprint density at radius 2 is 1.82 bits per heavy atom. The second kappa shape index (κ2) is 8.98. The van der Waals surface area contributed by atoms with Gasteiger partial charge in [0.2, 0.25) is 10.0 Å². The Labute approximate surface area is 202 Å².